The number of esters is 1. The van der Waals surface area contributed by atoms with Crippen LogP contribution in [0.3, 0.4) is 0 Å². The maximum absolute atomic E-state index is 13.1. The van der Waals surface area contributed by atoms with Crippen LogP contribution in [0.1, 0.15) is 48.7 Å². The highest BCUT2D eigenvalue weighted by Crippen LogP contribution is 2.36. The Bertz CT molecular complexity index is 1570. The molecule has 0 fully saturated rings. The van der Waals surface area contributed by atoms with Crippen LogP contribution in [-0.4, -0.2) is 55.8 Å². The molecule has 2 aromatic heterocycles. The summed E-state index contributed by atoms with van der Waals surface area (Å²) in [6, 6.07) is 10.3. The van der Waals surface area contributed by atoms with Gasteiger partial charge < -0.3 is 19.8 Å². The second kappa shape index (κ2) is 13.0. The molecule has 3 heterocycles. The monoisotopic (exact) mass is 595 g/mol. The molecule has 5 rings (SSSR count). The fourth-order valence-corrected chi connectivity index (χ4v) is 4.98. The van der Waals surface area contributed by atoms with Gasteiger partial charge in [0.2, 0.25) is 5.91 Å². The van der Waals surface area contributed by atoms with Gasteiger partial charge in [0.05, 0.1) is 31.9 Å². The molecular weight excluding hydrogens is 569 g/mol. The maximum atomic E-state index is 13.1. The van der Waals surface area contributed by atoms with Crippen LogP contribution in [0.25, 0.3) is 23.0 Å². The van der Waals surface area contributed by atoms with Crippen LogP contribution in [-0.2, 0) is 20.7 Å². The summed E-state index contributed by atoms with van der Waals surface area (Å²) in [5.41, 5.74) is 3.29. The van der Waals surface area contributed by atoms with Crippen LogP contribution in [0.4, 0.5) is 0 Å². The van der Waals surface area contributed by atoms with Crippen molar-refractivity contribution >= 4 is 41.2 Å². The molecule has 1 amide bonds. The average molecular weight is 596 g/mol. The number of H-pyrrole nitrogens is 1. The Morgan fingerprint density at radius 1 is 1.20 bits per heavy atom. The number of tetrazole rings is 1. The third-order valence-corrected chi connectivity index (χ3v) is 7.10. The predicted molar refractivity (Wildman–Crippen MR) is 153 cm³/mol. The number of methoxy groups -OCH3 is 1. The summed E-state index contributed by atoms with van der Waals surface area (Å²) in [4.78, 5) is 32.8. The van der Waals surface area contributed by atoms with E-state index < -0.39 is 6.04 Å². The van der Waals surface area contributed by atoms with Crippen molar-refractivity contribution < 1.29 is 19.1 Å². The first-order valence-electron chi connectivity index (χ1n) is 13.0. The van der Waals surface area contributed by atoms with E-state index in [2.05, 4.69) is 25.8 Å². The zero-order chi connectivity index (χ0) is 28.8. The SMILES string of the molecule is COC(=O)Cc1ccc2c(c1)OCCCCC[C@H](NC(=O)/C=C/c1cc(Cl)ccc1-n1cnnn1)c1nc-2c(Cl)[nH]1. The summed E-state index contributed by atoms with van der Waals surface area (Å²) in [7, 11) is 1.35. The van der Waals surface area contributed by atoms with E-state index in [0.717, 1.165) is 24.8 Å². The maximum Gasteiger partial charge on any atom is 0.309 e. The Morgan fingerprint density at radius 3 is 2.88 bits per heavy atom. The number of aromatic nitrogens is 6. The second-order valence-corrected chi connectivity index (χ2v) is 10.2. The van der Waals surface area contributed by atoms with Gasteiger partial charge >= 0.3 is 5.97 Å². The molecule has 2 N–H and O–H groups in total. The smallest absolute Gasteiger partial charge is 0.309 e. The number of hydrogen-bond donors (Lipinski definition) is 2. The number of benzene rings is 2. The Morgan fingerprint density at radius 2 is 2.07 bits per heavy atom. The highest BCUT2D eigenvalue weighted by Gasteiger charge is 2.23. The van der Waals surface area contributed by atoms with Gasteiger partial charge in [-0.3, -0.25) is 9.59 Å². The molecule has 0 unspecified atom stereocenters. The molecule has 0 spiro atoms. The number of carbonyl (C=O) groups is 2. The lowest BCUT2D eigenvalue weighted by Crippen LogP contribution is -2.27. The molecule has 4 aromatic rings. The first-order chi connectivity index (χ1) is 19.9. The third kappa shape index (κ3) is 6.93. The molecule has 41 heavy (non-hydrogen) atoms. The molecular formula is C28H27Cl2N7O4. The van der Waals surface area contributed by atoms with Crippen LogP contribution in [0, 0.1) is 0 Å². The predicted octanol–water partition coefficient (Wildman–Crippen LogP) is 4.90. The van der Waals surface area contributed by atoms with Crippen LogP contribution < -0.4 is 10.1 Å². The Hall–Kier alpha value is -4.22. The largest absolute Gasteiger partial charge is 0.493 e. The average Bonchev–Trinajstić information content (AvgIpc) is 3.63. The molecule has 0 saturated heterocycles. The third-order valence-electron chi connectivity index (χ3n) is 6.60. The number of nitrogens with one attached hydrogen (secondary N) is 2. The summed E-state index contributed by atoms with van der Waals surface area (Å²) in [6.07, 6.45) is 7.88. The van der Waals surface area contributed by atoms with E-state index in [1.54, 1.807) is 24.3 Å². The molecule has 11 nitrogen and oxygen atoms in total. The number of halogens is 2. The van der Waals surface area contributed by atoms with Gasteiger partial charge in [0.25, 0.3) is 0 Å². The second-order valence-electron chi connectivity index (χ2n) is 9.42. The minimum atomic E-state index is -0.404. The fraction of sp³-hybridized carbons (Fsp3) is 0.286. The standard InChI is InChI=1S/C28H27Cl2N7O4/c1-40-25(39)14-17-6-9-20-23(13-17)41-12-4-2-3-5-21(28-33-26(20)27(30)34-28)32-24(38)11-7-18-15-19(29)8-10-22(18)37-16-31-35-36-37/h6-11,13,15-16,21H,2-5,12,14H2,1H3,(H,32,38)(H,33,34)/b11-7+/t21-/m0/s1. The minimum Gasteiger partial charge on any atom is -0.493 e. The van der Waals surface area contributed by atoms with Gasteiger partial charge in [0.1, 0.15) is 28.7 Å². The highest BCUT2D eigenvalue weighted by atomic mass is 35.5. The summed E-state index contributed by atoms with van der Waals surface area (Å²) in [5.74, 6) is 0.465. The molecule has 0 aliphatic carbocycles. The van der Waals surface area contributed by atoms with Crippen molar-refractivity contribution in [3.8, 4) is 22.7 Å². The van der Waals surface area contributed by atoms with Gasteiger partial charge in [-0.05, 0) is 71.7 Å². The van der Waals surface area contributed by atoms with Crippen molar-refractivity contribution in [3.05, 3.63) is 75.9 Å². The van der Waals surface area contributed by atoms with E-state index in [1.807, 2.05) is 18.2 Å². The molecule has 1 aliphatic heterocycles. The normalized spacial score (nSPS) is 15.3. The van der Waals surface area contributed by atoms with Gasteiger partial charge in [-0.25, -0.2) is 4.98 Å². The lowest BCUT2D eigenvalue weighted by molar-refractivity contribution is -0.139. The number of aromatic amines is 1. The van der Waals surface area contributed by atoms with Gasteiger partial charge in [-0.1, -0.05) is 35.7 Å². The van der Waals surface area contributed by atoms with Crippen molar-refractivity contribution in [2.24, 2.45) is 0 Å². The lowest BCUT2D eigenvalue weighted by atomic mass is 10.0. The number of fused-ring (bicyclic) bond motifs is 4. The topological polar surface area (TPSA) is 137 Å². The quantitative estimate of drug-likeness (QED) is 0.237. The lowest BCUT2D eigenvalue weighted by Gasteiger charge is -2.17. The molecule has 2 bridgehead atoms. The highest BCUT2D eigenvalue weighted by molar-refractivity contribution is 6.32. The van der Waals surface area contributed by atoms with E-state index in [1.165, 1.54) is 24.2 Å². The minimum absolute atomic E-state index is 0.126. The van der Waals surface area contributed by atoms with Crippen molar-refractivity contribution in [3.63, 3.8) is 0 Å². The van der Waals surface area contributed by atoms with E-state index in [9.17, 15) is 9.59 Å². The van der Waals surface area contributed by atoms with E-state index in [-0.39, 0.29) is 18.3 Å². The molecule has 1 atom stereocenters. The summed E-state index contributed by atoms with van der Waals surface area (Å²) in [6.45, 7) is 0.493. The van der Waals surface area contributed by atoms with Crippen LogP contribution in [0.15, 0.2) is 48.8 Å². The molecule has 0 radical (unpaired) electrons. The Kier molecular flexibility index (Phi) is 8.95. The fourth-order valence-electron chi connectivity index (χ4n) is 4.55. The van der Waals surface area contributed by atoms with Gasteiger partial charge in [-0.2, -0.15) is 4.68 Å². The number of amides is 1. The molecule has 2 aromatic carbocycles. The van der Waals surface area contributed by atoms with Gasteiger partial charge in [0.15, 0.2) is 0 Å². The number of ether oxygens (including phenoxy) is 2. The number of hydrogen-bond acceptors (Lipinski definition) is 8. The van der Waals surface area contributed by atoms with Crippen molar-refractivity contribution in [2.75, 3.05) is 13.7 Å². The summed E-state index contributed by atoms with van der Waals surface area (Å²) < 4.78 is 12.4. The number of nitrogens with zero attached hydrogens (tertiary/aromatic N) is 5. The number of carbonyl (C=O) groups excluding carboxylic acids is 2. The zero-order valence-corrected chi connectivity index (χ0v) is 23.7. The Labute approximate surface area is 245 Å². The van der Waals surface area contributed by atoms with Crippen molar-refractivity contribution in [1.29, 1.82) is 0 Å². The molecule has 212 valence electrons. The Balaban J connectivity index is 1.39. The van der Waals surface area contributed by atoms with Crippen LogP contribution in [0.2, 0.25) is 10.2 Å². The first kappa shape index (κ1) is 28.3. The van der Waals surface area contributed by atoms with E-state index in [0.29, 0.717) is 57.3 Å². The molecule has 13 heteroatoms. The zero-order valence-electron chi connectivity index (χ0n) is 22.1. The molecule has 0 saturated carbocycles. The van der Waals surface area contributed by atoms with Gasteiger partial charge in [-0.15, -0.1) is 5.10 Å². The van der Waals surface area contributed by atoms with E-state index in [4.69, 9.17) is 37.7 Å². The first-order valence-corrected chi connectivity index (χ1v) is 13.8. The van der Waals surface area contributed by atoms with Crippen molar-refractivity contribution in [1.82, 2.24) is 35.5 Å². The van der Waals surface area contributed by atoms with Crippen molar-refractivity contribution in [2.45, 2.75) is 38.1 Å². The van der Waals surface area contributed by atoms with E-state index >= 15 is 0 Å². The summed E-state index contributed by atoms with van der Waals surface area (Å²) >= 11 is 12.8. The van der Waals surface area contributed by atoms with Crippen LogP contribution >= 0.6 is 23.2 Å². The number of imidazole rings is 1. The van der Waals surface area contributed by atoms with Gasteiger partial charge in [0, 0.05) is 22.2 Å². The number of rotatable bonds is 6. The van der Waals surface area contributed by atoms with Crippen LogP contribution in [0.5, 0.6) is 5.75 Å². The molecule has 1 aliphatic rings. The summed E-state index contributed by atoms with van der Waals surface area (Å²) in [5, 5.41) is 15.2.